The van der Waals surface area contributed by atoms with Gasteiger partial charge >= 0.3 is 0 Å². The Morgan fingerprint density at radius 2 is 2.07 bits per heavy atom. The van der Waals surface area contributed by atoms with Crippen LogP contribution < -0.4 is 0 Å². The van der Waals surface area contributed by atoms with Crippen LogP contribution in [0.3, 0.4) is 0 Å². The minimum absolute atomic E-state index is 0.0250. The molecular weight excluding hydrogens is 338 g/mol. The third kappa shape index (κ3) is 2.44. The van der Waals surface area contributed by atoms with Crippen LogP contribution in [-0.2, 0) is 6.42 Å². The monoisotopic (exact) mass is 357 g/mol. The van der Waals surface area contributed by atoms with Crippen LogP contribution in [0.5, 0.6) is 0 Å². The van der Waals surface area contributed by atoms with Crippen LogP contribution in [0, 0.1) is 6.92 Å². The van der Waals surface area contributed by atoms with E-state index in [-0.39, 0.29) is 11.9 Å². The Bertz CT molecular complexity index is 1130. The van der Waals surface area contributed by atoms with Gasteiger partial charge in [0.1, 0.15) is 0 Å². The highest BCUT2D eigenvalue weighted by Crippen LogP contribution is 2.39. The fraction of sp³-hybridized carbons (Fsp3) is 0.190. The van der Waals surface area contributed by atoms with Gasteiger partial charge in [0.25, 0.3) is 5.91 Å². The fourth-order valence-electron chi connectivity index (χ4n) is 4.04. The van der Waals surface area contributed by atoms with Crippen molar-refractivity contribution in [2.45, 2.75) is 19.4 Å². The van der Waals surface area contributed by atoms with Gasteiger partial charge < -0.3 is 9.88 Å². The molecular formula is C21H19N5O. The number of nitrogens with zero attached hydrogens (tertiary/aromatic N) is 3. The Morgan fingerprint density at radius 3 is 2.93 bits per heavy atom. The molecule has 6 heteroatoms. The highest BCUT2D eigenvalue weighted by Gasteiger charge is 2.41. The Morgan fingerprint density at radius 1 is 1.19 bits per heavy atom. The molecule has 0 saturated heterocycles. The second-order valence-corrected chi connectivity index (χ2v) is 6.91. The van der Waals surface area contributed by atoms with Crippen LogP contribution in [0.2, 0.25) is 0 Å². The largest absolute Gasteiger partial charge is 0.361 e. The zero-order valence-electron chi connectivity index (χ0n) is 14.9. The molecule has 0 radical (unpaired) electrons. The summed E-state index contributed by atoms with van der Waals surface area (Å²) >= 11 is 0. The quantitative estimate of drug-likeness (QED) is 0.588. The van der Waals surface area contributed by atoms with Crippen molar-refractivity contribution in [3.05, 3.63) is 83.1 Å². The molecule has 0 saturated carbocycles. The second kappa shape index (κ2) is 6.09. The molecule has 6 nitrogen and oxygen atoms in total. The molecule has 3 aromatic heterocycles. The van der Waals surface area contributed by atoms with Gasteiger partial charge in [-0.2, -0.15) is 5.10 Å². The minimum Gasteiger partial charge on any atom is -0.361 e. The Labute approximate surface area is 156 Å². The lowest BCUT2D eigenvalue weighted by molar-refractivity contribution is 0.0745. The summed E-state index contributed by atoms with van der Waals surface area (Å²) in [4.78, 5) is 22.5. The number of fused-ring (bicyclic) bond motifs is 2. The maximum Gasteiger partial charge on any atom is 0.275 e. The maximum atomic E-state index is 13.0. The topological polar surface area (TPSA) is 77.7 Å². The molecule has 1 aliphatic heterocycles. The van der Waals surface area contributed by atoms with Crippen molar-refractivity contribution in [1.29, 1.82) is 0 Å². The van der Waals surface area contributed by atoms with Crippen LogP contribution in [-0.4, -0.2) is 37.5 Å². The SMILES string of the molecule is Cc1[nH]nc2c1C(c1cccnc1)N(CCc1c[nH]c3ccccc13)C2=O. The van der Waals surface area contributed by atoms with Gasteiger partial charge in [0.2, 0.25) is 0 Å². The number of aryl methyl sites for hydroxylation is 1. The Hall–Kier alpha value is -3.41. The molecule has 0 fully saturated rings. The normalized spacial score (nSPS) is 16.3. The molecule has 4 aromatic rings. The fourth-order valence-corrected chi connectivity index (χ4v) is 4.04. The zero-order valence-corrected chi connectivity index (χ0v) is 14.9. The molecule has 1 atom stereocenters. The van der Waals surface area contributed by atoms with Gasteiger partial charge in [-0.25, -0.2) is 0 Å². The smallest absolute Gasteiger partial charge is 0.275 e. The molecule has 0 spiro atoms. The number of aromatic amines is 2. The van der Waals surface area contributed by atoms with Crippen molar-refractivity contribution in [2.24, 2.45) is 0 Å². The number of hydrogen-bond acceptors (Lipinski definition) is 3. The lowest BCUT2D eigenvalue weighted by Crippen LogP contribution is -2.31. The predicted molar refractivity (Wildman–Crippen MR) is 102 cm³/mol. The molecule has 1 aliphatic rings. The van der Waals surface area contributed by atoms with E-state index in [9.17, 15) is 4.79 Å². The van der Waals surface area contributed by atoms with E-state index in [0.717, 1.165) is 28.8 Å². The lowest BCUT2D eigenvalue weighted by Gasteiger charge is -2.26. The highest BCUT2D eigenvalue weighted by atomic mass is 16.2. The van der Waals surface area contributed by atoms with Crippen molar-refractivity contribution in [3.63, 3.8) is 0 Å². The third-order valence-electron chi connectivity index (χ3n) is 5.34. The van der Waals surface area contributed by atoms with Gasteiger partial charge in [0.05, 0.1) is 6.04 Å². The van der Waals surface area contributed by atoms with E-state index in [4.69, 9.17) is 0 Å². The average molecular weight is 357 g/mol. The number of rotatable bonds is 4. The molecule has 1 aromatic carbocycles. The van der Waals surface area contributed by atoms with Crippen LogP contribution in [0.1, 0.15) is 38.9 Å². The van der Waals surface area contributed by atoms with Gasteiger partial charge in [-0.15, -0.1) is 0 Å². The van der Waals surface area contributed by atoms with E-state index in [1.54, 1.807) is 6.20 Å². The number of pyridine rings is 1. The first-order valence-electron chi connectivity index (χ1n) is 9.05. The molecule has 4 heterocycles. The van der Waals surface area contributed by atoms with Gasteiger partial charge in [0.15, 0.2) is 5.69 Å². The van der Waals surface area contributed by atoms with Crippen molar-refractivity contribution >= 4 is 16.8 Å². The number of nitrogens with one attached hydrogen (secondary N) is 2. The summed E-state index contributed by atoms with van der Waals surface area (Å²) in [6, 6.07) is 12.0. The van der Waals surface area contributed by atoms with E-state index in [0.29, 0.717) is 12.2 Å². The molecule has 134 valence electrons. The molecule has 0 aliphatic carbocycles. The Kier molecular flexibility index (Phi) is 3.57. The summed E-state index contributed by atoms with van der Waals surface area (Å²) in [5, 5.41) is 8.42. The van der Waals surface area contributed by atoms with Crippen molar-refractivity contribution in [3.8, 4) is 0 Å². The number of amides is 1. The first-order valence-corrected chi connectivity index (χ1v) is 9.05. The van der Waals surface area contributed by atoms with Gasteiger partial charge in [0, 0.05) is 47.3 Å². The number of H-pyrrole nitrogens is 2. The summed E-state index contributed by atoms with van der Waals surface area (Å²) in [5.41, 5.74) is 5.77. The number of aromatic nitrogens is 4. The van der Waals surface area contributed by atoms with E-state index < -0.39 is 0 Å². The second-order valence-electron chi connectivity index (χ2n) is 6.91. The molecule has 2 N–H and O–H groups in total. The third-order valence-corrected chi connectivity index (χ3v) is 5.34. The predicted octanol–water partition coefficient (Wildman–Crippen LogP) is 3.38. The van der Waals surface area contributed by atoms with E-state index in [2.05, 4.69) is 32.3 Å². The van der Waals surface area contributed by atoms with Gasteiger partial charge in [-0.1, -0.05) is 24.3 Å². The number of benzene rings is 1. The molecule has 27 heavy (non-hydrogen) atoms. The zero-order chi connectivity index (χ0) is 18.4. The van der Waals surface area contributed by atoms with Crippen molar-refractivity contribution < 1.29 is 4.79 Å². The highest BCUT2D eigenvalue weighted by molar-refractivity contribution is 5.98. The van der Waals surface area contributed by atoms with Crippen LogP contribution in [0.25, 0.3) is 10.9 Å². The van der Waals surface area contributed by atoms with Crippen LogP contribution in [0.4, 0.5) is 0 Å². The van der Waals surface area contributed by atoms with Crippen LogP contribution >= 0.6 is 0 Å². The Balaban J connectivity index is 1.50. The number of para-hydroxylation sites is 1. The number of carbonyl (C=O) groups excluding carboxylic acids is 1. The average Bonchev–Trinajstić information content (AvgIpc) is 3.36. The standard InChI is InChI=1S/C21H19N5O/c1-13-18-19(25-24-13)21(27)26(20(18)15-5-4-9-22-11-15)10-8-14-12-23-17-7-3-2-6-16(14)17/h2-7,9,11-12,20,23H,8,10H2,1H3,(H,24,25). The van der Waals surface area contributed by atoms with Gasteiger partial charge in [-0.05, 0) is 36.6 Å². The summed E-state index contributed by atoms with van der Waals surface area (Å²) in [6.07, 6.45) is 6.39. The number of carbonyl (C=O) groups is 1. The first-order chi connectivity index (χ1) is 13.2. The number of hydrogen-bond donors (Lipinski definition) is 2. The summed E-state index contributed by atoms with van der Waals surface area (Å²) in [5.74, 6) is -0.0250. The molecule has 1 unspecified atom stereocenters. The van der Waals surface area contributed by atoms with E-state index in [1.807, 2.05) is 48.5 Å². The van der Waals surface area contributed by atoms with Gasteiger partial charge in [-0.3, -0.25) is 14.9 Å². The first kappa shape index (κ1) is 15.8. The molecule has 5 rings (SSSR count). The lowest BCUT2D eigenvalue weighted by atomic mass is 10.0. The maximum absolute atomic E-state index is 13.0. The summed E-state index contributed by atoms with van der Waals surface area (Å²) < 4.78 is 0. The van der Waals surface area contributed by atoms with Crippen LogP contribution in [0.15, 0.2) is 55.0 Å². The minimum atomic E-state index is -0.148. The van der Waals surface area contributed by atoms with E-state index >= 15 is 0 Å². The van der Waals surface area contributed by atoms with Crippen molar-refractivity contribution in [2.75, 3.05) is 6.54 Å². The molecule has 0 bridgehead atoms. The van der Waals surface area contributed by atoms with E-state index in [1.165, 1.54) is 10.9 Å². The van der Waals surface area contributed by atoms with Crippen molar-refractivity contribution in [1.82, 2.24) is 25.1 Å². The molecule has 1 amide bonds. The summed E-state index contributed by atoms with van der Waals surface area (Å²) in [6.45, 7) is 2.59. The summed E-state index contributed by atoms with van der Waals surface area (Å²) in [7, 11) is 0.